The molecule has 1 aromatic rings. The van der Waals surface area contributed by atoms with Crippen LogP contribution in [0, 0.1) is 11.3 Å². The van der Waals surface area contributed by atoms with Crippen LogP contribution in [0.15, 0.2) is 24.3 Å². The number of hydrogen-bond donors (Lipinski definition) is 1. The Kier molecular flexibility index (Phi) is 3.87. The molecule has 0 bridgehead atoms. The molecule has 3 rings (SSSR count). The summed E-state index contributed by atoms with van der Waals surface area (Å²) in [5.74, 6) is 0.616. The Morgan fingerprint density at radius 2 is 1.90 bits per heavy atom. The Hall–Kier alpha value is -1.22. The molecule has 1 aliphatic carbocycles. The lowest BCUT2D eigenvalue weighted by atomic mass is 9.70. The summed E-state index contributed by atoms with van der Waals surface area (Å²) in [6.07, 6.45) is 3.69. The first kappa shape index (κ1) is 14.7. The standard InChI is InChI=1S/C18H29N3/c1-18(2)9-8-15(19)14(12-18)13-21-11-10-20(3)16-6-4-5-7-17(16)21/h4-7,14-15H,8-13,19H2,1-3H3. The normalized spacial score (nSPS) is 28.4. The van der Waals surface area contributed by atoms with Crippen molar-refractivity contribution in [3.8, 4) is 0 Å². The minimum absolute atomic E-state index is 0.366. The number of rotatable bonds is 2. The molecule has 116 valence electrons. The van der Waals surface area contributed by atoms with Gasteiger partial charge in [0.25, 0.3) is 0 Å². The zero-order valence-electron chi connectivity index (χ0n) is 13.7. The first-order valence-corrected chi connectivity index (χ1v) is 8.27. The van der Waals surface area contributed by atoms with Gasteiger partial charge in [-0.25, -0.2) is 0 Å². The topological polar surface area (TPSA) is 32.5 Å². The Labute approximate surface area is 129 Å². The van der Waals surface area contributed by atoms with Gasteiger partial charge in [-0.2, -0.15) is 0 Å². The van der Waals surface area contributed by atoms with E-state index in [9.17, 15) is 0 Å². The monoisotopic (exact) mass is 287 g/mol. The number of nitrogens with two attached hydrogens (primary N) is 1. The molecule has 3 heteroatoms. The largest absolute Gasteiger partial charge is 0.371 e. The van der Waals surface area contributed by atoms with Crippen LogP contribution in [0.3, 0.4) is 0 Å². The molecule has 0 spiro atoms. The molecule has 1 heterocycles. The van der Waals surface area contributed by atoms with E-state index in [2.05, 4.69) is 55.0 Å². The third kappa shape index (κ3) is 3.03. The van der Waals surface area contributed by atoms with Gasteiger partial charge >= 0.3 is 0 Å². The van der Waals surface area contributed by atoms with Crippen molar-refractivity contribution < 1.29 is 0 Å². The number of para-hydroxylation sites is 2. The van der Waals surface area contributed by atoms with Gasteiger partial charge in [0.2, 0.25) is 0 Å². The van der Waals surface area contributed by atoms with Crippen LogP contribution in [0.1, 0.15) is 33.1 Å². The van der Waals surface area contributed by atoms with Gasteiger partial charge in [-0.15, -0.1) is 0 Å². The van der Waals surface area contributed by atoms with E-state index in [1.54, 1.807) is 0 Å². The molecule has 21 heavy (non-hydrogen) atoms. The van der Waals surface area contributed by atoms with E-state index in [4.69, 9.17) is 5.73 Å². The fourth-order valence-electron chi connectivity index (χ4n) is 3.99. The first-order chi connectivity index (χ1) is 9.96. The average molecular weight is 287 g/mol. The summed E-state index contributed by atoms with van der Waals surface area (Å²) in [4.78, 5) is 4.91. The SMILES string of the molecule is CN1CCN(CC2CC(C)(C)CCC2N)c2ccccc21. The summed E-state index contributed by atoms with van der Waals surface area (Å²) in [5, 5.41) is 0. The third-order valence-electron chi connectivity index (χ3n) is 5.37. The minimum atomic E-state index is 0.366. The molecule has 0 saturated heterocycles. The molecule has 2 aliphatic rings. The van der Waals surface area contributed by atoms with E-state index in [1.165, 1.54) is 30.6 Å². The number of nitrogens with zero attached hydrogens (tertiary/aromatic N) is 2. The first-order valence-electron chi connectivity index (χ1n) is 8.27. The second-order valence-electron chi connectivity index (χ2n) is 7.69. The molecule has 1 fully saturated rings. The van der Waals surface area contributed by atoms with E-state index in [1.807, 2.05) is 0 Å². The van der Waals surface area contributed by atoms with Crippen LogP contribution in [0.2, 0.25) is 0 Å². The molecule has 3 nitrogen and oxygen atoms in total. The summed E-state index contributed by atoms with van der Waals surface area (Å²) in [5.41, 5.74) is 9.61. The van der Waals surface area contributed by atoms with Crippen LogP contribution in [-0.2, 0) is 0 Å². The van der Waals surface area contributed by atoms with Gasteiger partial charge < -0.3 is 15.5 Å². The van der Waals surface area contributed by atoms with Crippen molar-refractivity contribution in [1.82, 2.24) is 0 Å². The molecule has 0 aromatic heterocycles. The zero-order chi connectivity index (χ0) is 15.0. The highest BCUT2D eigenvalue weighted by atomic mass is 15.3. The van der Waals surface area contributed by atoms with Crippen molar-refractivity contribution in [3.05, 3.63) is 24.3 Å². The highest BCUT2D eigenvalue weighted by Gasteiger charge is 2.34. The van der Waals surface area contributed by atoms with Crippen LogP contribution < -0.4 is 15.5 Å². The molecule has 1 saturated carbocycles. The summed E-state index contributed by atoms with van der Waals surface area (Å²) in [6, 6.07) is 9.13. The molecule has 0 amide bonds. The Morgan fingerprint density at radius 1 is 1.19 bits per heavy atom. The molecular formula is C18H29N3. The van der Waals surface area contributed by atoms with Gasteiger partial charge in [-0.3, -0.25) is 0 Å². The molecule has 0 radical (unpaired) electrons. The predicted octanol–water partition coefficient (Wildman–Crippen LogP) is 3.10. The Balaban J connectivity index is 1.78. The maximum Gasteiger partial charge on any atom is 0.0604 e. The van der Waals surface area contributed by atoms with Crippen LogP contribution in [0.4, 0.5) is 11.4 Å². The van der Waals surface area contributed by atoms with Crippen LogP contribution >= 0.6 is 0 Å². The van der Waals surface area contributed by atoms with Crippen molar-refractivity contribution in [2.45, 2.75) is 39.2 Å². The van der Waals surface area contributed by atoms with Crippen molar-refractivity contribution in [3.63, 3.8) is 0 Å². The van der Waals surface area contributed by atoms with Crippen LogP contribution in [0.25, 0.3) is 0 Å². The fourth-order valence-corrected chi connectivity index (χ4v) is 3.99. The molecule has 2 atom stereocenters. The van der Waals surface area contributed by atoms with Gasteiger partial charge in [-0.05, 0) is 42.7 Å². The van der Waals surface area contributed by atoms with E-state index in [0.29, 0.717) is 17.4 Å². The summed E-state index contributed by atoms with van der Waals surface area (Å²) in [7, 11) is 2.19. The lowest BCUT2D eigenvalue weighted by Crippen LogP contribution is -2.48. The highest BCUT2D eigenvalue weighted by Crippen LogP contribution is 2.40. The minimum Gasteiger partial charge on any atom is -0.371 e. The van der Waals surface area contributed by atoms with E-state index in [0.717, 1.165) is 19.6 Å². The summed E-state index contributed by atoms with van der Waals surface area (Å²) in [6.45, 7) is 8.10. The number of fused-ring (bicyclic) bond motifs is 1. The second kappa shape index (κ2) is 5.53. The zero-order valence-corrected chi connectivity index (χ0v) is 13.7. The number of hydrogen-bond acceptors (Lipinski definition) is 3. The molecule has 1 aromatic carbocycles. The van der Waals surface area contributed by atoms with Gasteiger partial charge in [-0.1, -0.05) is 26.0 Å². The Bertz CT molecular complexity index is 497. The predicted molar refractivity (Wildman–Crippen MR) is 91.0 cm³/mol. The van der Waals surface area contributed by atoms with Crippen LogP contribution in [-0.4, -0.2) is 32.7 Å². The molecule has 2 N–H and O–H groups in total. The summed E-state index contributed by atoms with van der Waals surface area (Å²) >= 11 is 0. The fraction of sp³-hybridized carbons (Fsp3) is 0.667. The number of likely N-dealkylation sites (N-methyl/N-ethyl adjacent to an activating group) is 1. The second-order valence-corrected chi connectivity index (χ2v) is 7.69. The molecular weight excluding hydrogens is 258 g/mol. The quantitative estimate of drug-likeness (QED) is 0.907. The molecule has 2 unspecified atom stereocenters. The van der Waals surface area contributed by atoms with Gasteiger partial charge in [0.15, 0.2) is 0 Å². The van der Waals surface area contributed by atoms with Crippen molar-refractivity contribution in [2.24, 2.45) is 17.1 Å². The lowest BCUT2D eigenvalue weighted by molar-refractivity contribution is 0.160. The van der Waals surface area contributed by atoms with E-state index >= 15 is 0 Å². The Morgan fingerprint density at radius 3 is 2.67 bits per heavy atom. The highest BCUT2D eigenvalue weighted by molar-refractivity contribution is 5.73. The number of benzene rings is 1. The van der Waals surface area contributed by atoms with Crippen LogP contribution in [0.5, 0.6) is 0 Å². The number of anilines is 2. The maximum absolute atomic E-state index is 6.43. The van der Waals surface area contributed by atoms with E-state index < -0.39 is 0 Å². The van der Waals surface area contributed by atoms with Gasteiger partial charge in [0, 0.05) is 32.7 Å². The summed E-state index contributed by atoms with van der Waals surface area (Å²) < 4.78 is 0. The van der Waals surface area contributed by atoms with E-state index in [-0.39, 0.29) is 0 Å². The van der Waals surface area contributed by atoms with Crippen molar-refractivity contribution >= 4 is 11.4 Å². The smallest absolute Gasteiger partial charge is 0.0604 e. The van der Waals surface area contributed by atoms with Gasteiger partial charge in [0.1, 0.15) is 0 Å². The van der Waals surface area contributed by atoms with Crippen molar-refractivity contribution in [1.29, 1.82) is 0 Å². The van der Waals surface area contributed by atoms with Crippen molar-refractivity contribution in [2.75, 3.05) is 36.5 Å². The van der Waals surface area contributed by atoms with Gasteiger partial charge in [0.05, 0.1) is 11.4 Å². The third-order valence-corrected chi connectivity index (χ3v) is 5.37. The molecule has 1 aliphatic heterocycles. The maximum atomic E-state index is 6.43. The average Bonchev–Trinajstić information content (AvgIpc) is 2.46. The lowest BCUT2D eigenvalue weighted by Gasteiger charge is -2.44.